The third kappa shape index (κ3) is 4.98. The molecule has 1 aliphatic rings. The molecule has 2 aromatic carbocycles. The lowest BCUT2D eigenvalue weighted by Gasteiger charge is -2.22. The number of nitrogens with one attached hydrogen (secondary N) is 1. The molecule has 0 saturated heterocycles. The Kier molecular flexibility index (Phi) is 7.05. The van der Waals surface area contributed by atoms with Gasteiger partial charge in [-0.15, -0.1) is 0 Å². The van der Waals surface area contributed by atoms with Crippen LogP contribution in [-0.4, -0.2) is 26.2 Å². The van der Waals surface area contributed by atoms with E-state index in [1.54, 1.807) is 11.9 Å². The average Bonchev–Trinajstić information content (AvgIpc) is 2.76. The fraction of sp³-hybridized carbons (Fsp3) is 0.381. The molecule has 0 radical (unpaired) electrons. The van der Waals surface area contributed by atoms with Gasteiger partial charge >= 0.3 is 5.97 Å². The molecule has 1 aliphatic heterocycles. The summed E-state index contributed by atoms with van der Waals surface area (Å²) < 4.78 is 7.18. The summed E-state index contributed by atoms with van der Waals surface area (Å²) in [6.07, 6.45) is 2.22. The minimum Gasteiger partial charge on any atom is -0.466 e. The molecule has 1 heterocycles. The zero-order valence-electron chi connectivity index (χ0n) is 15.7. The third-order valence-corrected chi connectivity index (χ3v) is 5.83. The van der Waals surface area contributed by atoms with Gasteiger partial charge in [0.05, 0.1) is 18.3 Å². The number of hydrogen-bond donors (Lipinski definition) is 1. The van der Waals surface area contributed by atoms with Gasteiger partial charge in [0, 0.05) is 23.4 Å². The first-order chi connectivity index (χ1) is 13.1. The van der Waals surface area contributed by atoms with Crippen LogP contribution in [0, 0.1) is 0 Å². The lowest BCUT2D eigenvalue weighted by atomic mass is 9.96. The van der Waals surface area contributed by atoms with Gasteiger partial charge in [0.1, 0.15) is 0 Å². The van der Waals surface area contributed by atoms with Gasteiger partial charge in [0.2, 0.25) is 0 Å². The highest BCUT2D eigenvalue weighted by molar-refractivity contribution is 8.00. The first kappa shape index (κ1) is 20.1. The van der Waals surface area contributed by atoms with Gasteiger partial charge in [-0.3, -0.25) is 4.79 Å². The lowest BCUT2D eigenvalue weighted by Crippen LogP contribution is -2.24. The molecule has 0 aliphatic carbocycles. The van der Waals surface area contributed by atoms with Crippen LogP contribution in [0.15, 0.2) is 47.4 Å². The summed E-state index contributed by atoms with van der Waals surface area (Å²) >= 11 is 7.94. The Morgan fingerprint density at radius 2 is 2.04 bits per heavy atom. The molecular formula is C21H25ClN2O2S. The number of ether oxygens (including phenoxy) is 1. The van der Waals surface area contributed by atoms with E-state index in [1.807, 2.05) is 19.1 Å². The second-order valence-corrected chi connectivity index (χ2v) is 8.09. The van der Waals surface area contributed by atoms with E-state index in [4.69, 9.17) is 16.3 Å². The van der Waals surface area contributed by atoms with Crippen LogP contribution < -0.4 is 9.62 Å². The number of anilines is 1. The molecule has 0 spiro atoms. The van der Waals surface area contributed by atoms with Crippen molar-refractivity contribution >= 4 is 35.2 Å². The second kappa shape index (κ2) is 9.49. The van der Waals surface area contributed by atoms with Crippen molar-refractivity contribution in [1.82, 2.24) is 5.32 Å². The van der Waals surface area contributed by atoms with Gasteiger partial charge < -0.3 is 14.4 Å². The van der Waals surface area contributed by atoms with Crippen molar-refractivity contribution in [1.29, 1.82) is 0 Å². The van der Waals surface area contributed by atoms with E-state index in [0.29, 0.717) is 13.0 Å². The zero-order valence-corrected chi connectivity index (χ0v) is 17.3. The van der Waals surface area contributed by atoms with Gasteiger partial charge in [-0.05, 0) is 67.6 Å². The number of unbranched alkanes of at least 4 members (excludes halogenated alkanes) is 1. The second-order valence-electron chi connectivity index (χ2n) is 6.48. The zero-order chi connectivity index (χ0) is 19.2. The van der Waals surface area contributed by atoms with Crippen molar-refractivity contribution in [3.63, 3.8) is 0 Å². The van der Waals surface area contributed by atoms with E-state index >= 15 is 0 Å². The molecule has 144 valence electrons. The van der Waals surface area contributed by atoms with E-state index in [0.717, 1.165) is 29.3 Å². The number of halogens is 1. The van der Waals surface area contributed by atoms with Crippen molar-refractivity contribution in [3.8, 4) is 0 Å². The predicted molar refractivity (Wildman–Crippen MR) is 112 cm³/mol. The Bertz CT molecular complexity index is 800. The first-order valence-corrected chi connectivity index (χ1v) is 10.4. The fourth-order valence-electron chi connectivity index (χ4n) is 3.30. The van der Waals surface area contributed by atoms with Crippen LogP contribution in [0.4, 0.5) is 5.69 Å². The number of rotatable bonds is 7. The van der Waals surface area contributed by atoms with Gasteiger partial charge in [-0.1, -0.05) is 35.9 Å². The first-order valence-electron chi connectivity index (χ1n) is 9.29. The summed E-state index contributed by atoms with van der Waals surface area (Å²) in [5.41, 5.74) is 3.67. The van der Waals surface area contributed by atoms with Crippen LogP contribution in [0.5, 0.6) is 0 Å². The number of nitrogens with zero attached hydrogens (tertiary/aromatic N) is 1. The van der Waals surface area contributed by atoms with Gasteiger partial charge in [-0.25, -0.2) is 0 Å². The Morgan fingerprint density at radius 1 is 1.22 bits per heavy atom. The van der Waals surface area contributed by atoms with Crippen LogP contribution in [0.1, 0.15) is 43.4 Å². The highest BCUT2D eigenvalue weighted by Gasteiger charge is 2.26. The molecule has 1 N–H and O–H groups in total. The van der Waals surface area contributed by atoms with Crippen molar-refractivity contribution in [2.75, 3.05) is 24.5 Å². The summed E-state index contributed by atoms with van der Waals surface area (Å²) in [7, 11) is 2.08. The van der Waals surface area contributed by atoms with Crippen molar-refractivity contribution in [3.05, 3.63) is 58.6 Å². The number of esters is 1. The van der Waals surface area contributed by atoms with Gasteiger partial charge in [0.15, 0.2) is 0 Å². The van der Waals surface area contributed by atoms with E-state index in [2.05, 4.69) is 47.0 Å². The normalized spacial score (nSPS) is 15.7. The van der Waals surface area contributed by atoms with E-state index < -0.39 is 0 Å². The maximum absolute atomic E-state index is 11.5. The third-order valence-electron chi connectivity index (χ3n) is 4.57. The topological polar surface area (TPSA) is 41.6 Å². The maximum Gasteiger partial charge on any atom is 0.305 e. The maximum atomic E-state index is 11.5. The molecule has 4 nitrogen and oxygen atoms in total. The van der Waals surface area contributed by atoms with E-state index in [9.17, 15) is 4.79 Å². The molecule has 0 amide bonds. The molecule has 27 heavy (non-hydrogen) atoms. The quantitative estimate of drug-likeness (QED) is 0.389. The summed E-state index contributed by atoms with van der Waals surface area (Å²) in [5.74, 6) is -0.115. The molecule has 0 bridgehead atoms. The fourth-order valence-corrected chi connectivity index (χ4v) is 4.57. The predicted octanol–water partition coefficient (Wildman–Crippen LogP) is 5.21. The van der Waals surface area contributed by atoms with Crippen LogP contribution >= 0.6 is 23.5 Å². The van der Waals surface area contributed by atoms with Crippen molar-refractivity contribution in [2.45, 2.75) is 37.1 Å². The summed E-state index contributed by atoms with van der Waals surface area (Å²) in [6, 6.07) is 14.6. The largest absolute Gasteiger partial charge is 0.466 e. The number of carbonyl (C=O) groups excluding carboxylic acids is 1. The van der Waals surface area contributed by atoms with Gasteiger partial charge in [0.25, 0.3) is 0 Å². The van der Waals surface area contributed by atoms with Crippen molar-refractivity contribution in [2.24, 2.45) is 0 Å². The lowest BCUT2D eigenvalue weighted by molar-refractivity contribution is -0.143. The summed E-state index contributed by atoms with van der Waals surface area (Å²) in [5, 5.41) is 4.43. The Labute approximate surface area is 170 Å². The molecule has 0 aromatic heterocycles. The number of benzene rings is 2. The molecular weight excluding hydrogens is 380 g/mol. The van der Waals surface area contributed by atoms with Gasteiger partial charge in [-0.2, -0.15) is 0 Å². The number of carbonyl (C=O) groups is 1. The standard InChI is InChI=1S/C21H25ClN2O2S/c1-3-26-20(25)10-6-7-13-23-21-16-8-4-5-9-18(16)24(2)27-19-14-15(22)11-12-17(19)21/h4-5,8-9,11-12,14,21,23H,3,6-7,10,13H2,1-2H3. The molecule has 3 rings (SSSR count). The minimum absolute atomic E-state index is 0.0912. The summed E-state index contributed by atoms with van der Waals surface area (Å²) in [4.78, 5) is 12.6. The highest BCUT2D eigenvalue weighted by atomic mass is 35.5. The average molecular weight is 405 g/mol. The summed E-state index contributed by atoms with van der Waals surface area (Å²) in [6.45, 7) is 3.11. The number of fused-ring (bicyclic) bond motifs is 2. The van der Waals surface area contributed by atoms with Crippen molar-refractivity contribution < 1.29 is 9.53 Å². The van der Waals surface area contributed by atoms with Crippen LogP contribution in [0.3, 0.4) is 0 Å². The monoisotopic (exact) mass is 404 g/mol. The van der Waals surface area contributed by atoms with E-state index in [1.165, 1.54) is 16.8 Å². The molecule has 0 fully saturated rings. The van der Waals surface area contributed by atoms with Crippen LogP contribution in [-0.2, 0) is 9.53 Å². The Hall–Kier alpha value is -1.69. The molecule has 2 aromatic rings. The minimum atomic E-state index is -0.115. The smallest absolute Gasteiger partial charge is 0.305 e. The Balaban J connectivity index is 1.75. The van der Waals surface area contributed by atoms with E-state index in [-0.39, 0.29) is 12.0 Å². The molecule has 6 heteroatoms. The number of hydrogen-bond acceptors (Lipinski definition) is 5. The molecule has 1 atom stereocenters. The Morgan fingerprint density at radius 3 is 2.85 bits per heavy atom. The highest BCUT2D eigenvalue weighted by Crippen LogP contribution is 2.43. The SMILES string of the molecule is CCOC(=O)CCCCNC1c2ccc(Cl)cc2SN(C)c2ccccc21. The number of para-hydroxylation sites is 1. The molecule has 0 saturated carbocycles. The van der Waals surface area contributed by atoms with Crippen LogP contribution in [0.2, 0.25) is 5.02 Å². The molecule has 1 unspecified atom stereocenters. The van der Waals surface area contributed by atoms with Crippen LogP contribution in [0.25, 0.3) is 0 Å².